The minimum Gasteiger partial charge on any atom is -0.493 e. The van der Waals surface area contributed by atoms with Gasteiger partial charge in [-0.3, -0.25) is 9.59 Å². The number of hydrogen-bond donors (Lipinski definition) is 0. The zero-order valence-corrected chi connectivity index (χ0v) is 25.2. The number of ether oxygens (including phenoxy) is 2. The summed E-state index contributed by atoms with van der Waals surface area (Å²) in [4.78, 5) is 29.8. The fourth-order valence-corrected chi connectivity index (χ4v) is 5.66. The van der Waals surface area contributed by atoms with E-state index in [4.69, 9.17) is 21.1 Å². The number of methoxy groups -OCH3 is 1. The van der Waals surface area contributed by atoms with Gasteiger partial charge in [-0.25, -0.2) is 0 Å². The van der Waals surface area contributed by atoms with Crippen LogP contribution in [0.2, 0.25) is 5.02 Å². The maximum absolute atomic E-state index is 13.8. The van der Waals surface area contributed by atoms with Crippen molar-refractivity contribution >= 4 is 29.1 Å². The maximum atomic E-state index is 13.8. The lowest BCUT2D eigenvalue weighted by Gasteiger charge is -2.38. The first-order chi connectivity index (χ1) is 19.0. The molecule has 4 rings (SSSR count). The molecule has 2 unspecified atom stereocenters. The van der Waals surface area contributed by atoms with Crippen molar-refractivity contribution in [2.24, 2.45) is 0 Å². The zero-order chi connectivity index (χ0) is 29.1. The van der Waals surface area contributed by atoms with E-state index in [9.17, 15) is 9.59 Å². The molecule has 212 valence electrons. The van der Waals surface area contributed by atoms with Crippen molar-refractivity contribution in [1.82, 2.24) is 4.90 Å². The van der Waals surface area contributed by atoms with E-state index >= 15 is 0 Å². The van der Waals surface area contributed by atoms with Gasteiger partial charge in [0.05, 0.1) is 31.7 Å². The lowest BCUT2D eigenvalue weighted by molar-refractivity contribution is -0.132. The Kier molecular flexibility index (Phi) is 9.09. The molecular weight excluding hydrogens is 524 g/mol. The molecule has 0 fully saturated rings. The van der Waals surface area contributed by atoms with Crippen LogP contribution in [0.15, 0.2) is 60.7 Å². The number of carbonyl (C=O) groups is 2. The van der Waals surface area contributed by atoms with Crippen molar-refractivity contribution < 1.29 is 19.1 Å². The number of amides is 2. The first-order valence-corrected chi connectivity index (χ1v) is 14.3. The summed E-state index contributed by atoms with van der Waals surface area (Å²) in [6, 6.07) is 19.1. The quantitative estimate of drug-likeness (QED) is 0.270. The van der Waals surface area contributed by atoms with Gasteiger partial charge in [0, 0.05) is 23.7 Å². The normalized spacial score (nSPS) is 16.4. The molecule has 6 nitrogen and oxygen atoms in total. The van der Waals surface area contributed by atoms with E-state index in [0.717, 1.165) is 34.4 Å². The molecule has 0 aliphatic carbocycles. The zero-order valence-electron chi connectivity index (χ0n) is 24.4. The van der Waals surface area contributed by atoms with Crippen LogP contribution in [0.4, 0.5) is 5.69 Å². The highest BCUT2D eigenvalue weighted by atomic mass is 35.5. The molecule has 40 heavy (non-hydrogen) atoms. The Hall–Kier alpha value is -3.51. The van der Waals surface area contributed by atoms with Crippen LogP contribution >= 0.6 is 11.6 Å². The van der Waals surface area contributed by atoms with Gasteiger partial charge in [0.25, 0.3) is 0 Å². The topological polar surface area (TPSA) is 59.1 Å². The molecule has 0 spiro atoms. The fraction of sp³-hybridized carbons (Fsp3) is 0.394. The second-order valence-corrected chi connectivity index (χ2v) is 11.2. The summed E-state index contributed by atoms with van der Waals surface area (Å²) < 4.78 is 11.9. The van der Waals surface area contributed by atoms with Gasteiger partial charge in [-0.05, 0) is 92.8 Å². The van der Waals surface area contributed by atoms with Crippen molar-refractivity contribution in [2.75, 3.05) is 12.0 Å². The Bertz CT molecular complexity index is 1350. The molecule has 0 saturated heterocycles. The minimum absolute atomic E-state index is 0.0113. The van der Waals surface area contributed by atoms with Gasteiger partial charge < -0.3 is 19.3 Å². The van der Waals surface area contributed by atoms with Gasteiger partial charge in [0.1, 0.15) is 0 Å². The highest BCUT2D eigenvalue weighted by Gasteiger charge is 2.36. The number of hydrogen-bond acceptors (Lipinski definition) is 4. The fourth-order valence-electron chi connectivity index (χ4n) is 5.53. The van der Waals surface area contributed by atoms with Crippen molar-refractivity contribution in [3.8, 4) is 11.5 Å². The lowest BCUT2D eigenvalue weighted by Crippen LogP contribution is -2.41. The van der Waals surface area contributed by atoms with E-state index in [1.807, 2.05) is 98.2 Å². The van der Waals surface area contributed by atoms with E-state index in [1.54, 1.807) is 14.0 Å². The molecule has 1 aliphatic heterocycles. The van der Waals surface area contributed by atoms with Gasteiger partial charge in [-0.2, -0.15) is 0 Å². The Balaban J connectivity index is 1.81. The van der Waals surface area contributed by atoms with E-state index in [-0.39, 0.29) is 42.5 Å². The molecule has 7 heteroatoms. The number of anilines is 1. The highest BCUT2D eigenvalue weighted by Crippen LogP contribution is 2.44. The number of fused-ring (bicyclic) bond motifs is 1. The third kappa shape index (κ3) is 5.97. The number of rotatable bonds is 9. The molecule has 2 amide bonds. The molecule has 3 atom stereocenters. The van der Waals surface area contributed by atoms with Crippen LogP contribution in [0.25, 0.3) is 0 Å². The van der Waals surface area contributed by atoms with E-state index < -0.39 is 0 Å². The molecule has 0 bridgehead atoms. The first-order valence-electron chi connectivity index (χ1n) is 13.9. The predicted octanol–water partition coefficient (Wildman–Crippen LogP) is 7.52. The highest BCUT2D eigenvalue weighted by molar-refractivity contribution is 6.30. The summed E-state index contributed by atoms with van der Waals surface area (Å²) in [5, 5.41) is 0.631. The third-order valence-corrected chi connectivity index (χ3v) is 7.92. The Labute approximate surface area is 242 Å². The molecule has 3 aromatic rings. The SMILES string of the molecule is CC[C@@H](C)Oc1cc2c(cc1OC)CC(=O)N(c1ccc(C(C)N(C(C)=O)C(C)C)cc1)C2c1ccc(Cl)cc1. The van der Waals surface area contributed by atoms with Crippen LogP contribution in [0.1, 0.15) is 82.3 Å². The van der Waals surface area contributed by atoms with Crippen LogP contribution in [0.5, 0.6) is 11.5 Å². The summed E-state index contributed by atoms with van der Waals surface area (Å²) in [6.07, 6.45) is 1.11. The summed E-state index contributed by atoms with van der Waals surface area (Å²) in [7, 11) is 1.62. The van der Waals surface area contributed by atoms with Crippen LogP contribution < -0.4 is 14.4 Å². The first kappa shape index (κ1) is 29.5. The molecule has 0 saturated carbocycles. The van der Waals surface area contributed by atoms with Crippen LogP contribution in [-0.2, 0) is 16.0 Å². The van der Waals surface area contributed by atoms with Gasteiger partial charge >= 0.3 is 0 Å². The molecule has 0 N–H and O–H groups in total. The third-order valence-electron chi connectivity index (χ3n) is 7.67. The second-order valence-electron chi connectivity index (χ2n) is 10.7. The molecule has 1 aliphatic rings. The maximum Gasteiger partial charge on any atom is 0.232 e. The van der Waals surface area contributed by atoms with Crippen molar-refractivity contribution in [3.05, 3.63) is 87.9 Å². The Morgan fingerprint density at radius 2 is 1.68 bits per heavy atom. The van der Waals surface area contributed by atoms with Crippen molar-refractivity contribution in [2.45, 2.75) is 78.6 Å². The monoisotopic (exact) mass is 562 g/mol. The average Bonchev–Trinajstić information content (AvgIpc) is 2.92. The number of nitrogens with zero attached hydrogens (tertiary/aromatic N) is 2. The van der Waals surface area contributed by atoms with Gasteiger partial charge in [-0.1, -0.05) is 42.8 Å². The number of halogens is 1. The van der Waals surface area contributed by atoms with Gasteiger partial charge in [0.15, 0.2) is 11.5 Å². The molecular formula is C33H39ClN2O4. The standard InChI is InChI=1S/C33H39ClN2O4/c1-8-21(4)40-31-19-29-26(17-30(31)39-7)18-32(38)36(33(29)25-9-13-27(34)14-10-25)28-15-11-24(12-16-28)22(5)35(20(2)3)23(6)37/h9-17,19-22,33H,8,18H2,1-7H3/t21-,22?,33?/m1/s1. The number of carbonyl (C=O) groups excluding carboxylic acids is 2. The summed E-state index contributed by atoms with van der Waals surface area (Å²) in [5.74, 6) is 1.29. The van der Waals surface area contributed by atoms with E-state index in [1.165, 1.54) is 0 Å². The predicted molar refractivity (Wildman–Crippen MR) is 160 cm³/mol. The second kappa shape index (κ2) is 12.3. The van der Waals surface area contributed by atoms with Crippen LogP contribution in [0, 0.1) is 0 Å². The van der Waals surface area contributed by atoms with Crippen molar-refractivity contribution in [1.29, 1.82) is 0 Å². The lowest BCUT2D eigenvalue weighted by atomic mass is 9.86. The number of benzene rings is 3. The molecule has 3 aromatic carbocycles. The summed E-state index contributed by atoms with van der Waals surface area (Å²) >= 11 is 6.24. The Morgan fingerprint density at radius 1 is 1.02 bits per heavy atom. The summed E-state index contributed by atoms with van der Waals surface area (Å²) in [6.45, 7) is 11.8. The van der Waals surface area contributed by atoms with Crippen LogP contribution in [0.3, 0.4) is 0 Å². The molecule has 1 heterocycles. The minimum atomic E-state index is -0.383. The van der Waals surface area contributed by atoms with Gasteiger partial charge in [-0.15, -0.1) is 0 Å². The Morgan fingerprint density at radius 3 is 2.23 bits per heavy atom. The summed E-state index contributed by atoms with van der Waals surface area (Å²) in [5.41, 5.74) is 4.63. The molecule has 0 radical (unpaired) electrons. The van der Waals surface area contributed by atoms with Crippen LogP contribution in [-0.4, -0.2) is 36.0 Å². The smallest absolute Gasteiger partial charge is 0.232 e. The average molecular weight is 563 g/mol. The largest absolute Gasteiger partial charge is 0.493 e. The van der Waals surface area contributed by atoms with Gasteiger partial charge in [0.2, 0.25) is 11.8 Å². The molecule has 0 aromatic heterocycles. The van der Waals surface area contributed by atoms with E-state index in [2.05, 4.69) is 6.92 Å². The van der Waals surface area contributed by atoms with E-state index in [0.29, 0.717) is 16.5 Å². The van der Waals surface area contributed by atoms with Crippen molar-refractivity contribution in [3.63, 3.8) is 0 Å².